The van der Waals surface area contributed by atoms with Gasteiger partial charge in [-0.05, 0) is 55.2 Å². The third kappa shape index (κ3) is 4.24. The lowest BCUT2D eigenvalue weighted by Gasteiger charge is -2.36. The van der Waals surface area contributed by atoms with Crippen LogP contribution in [0.15, 0.2) is 42.5 Å². The van der Waals surface area contributed by atoms with Crippen LogP contribution in [0.4, 0.5) is 14.9 Å². The lowest BCUT2D eigenvalue weighted by Crippen LogP contribution is -2.41. The highest BCUT2D eigenvalue weighted by molar-refractivity contribution is 5.97. The number of hydrogen-bond acceptors (Lipinski definition) is 3. The quantitative estimate of drug-likeness (QED) is 0.837. The van der Waals surface area contributed by atoms with E-state index in [1.165, 1.54) is 25.2 Å². The highest BCUT2D eigenvalue weighted by atomic mass is 19.1. The second-order valence-corrected chi connectivity index (χ2v) is 6.69. The van der Waals surface area contributed by atoms with Crippen LogP contribution in [0.25, 0.3) is 0 Å². The molecular formula is C21H24FN3O3. The van der Waals surface area contributed by atoms with Crippen molar-refractivity contribution >= 4 is 17.6 Å². The first-order chi connectivity index (χ1) is 13.5. The summed E-state index contributed by atoms with van der Waals surface area (Å²) in [5, 5.41) is 5.19. The van der Waals surface area contributed by atoms with E-state index < -0.39 is 11.7 Å². The minimum Gasteiger partial charge on any atom is -0.497 e. The number of amides is 3. The molecule has 0 bridgehead atoms. The summed E-state index contributed by atoms with van der Waals surface area (Å²) in [6.07, 6.45) is 2.80. The molecule has 7 heteroatoms. The molecule has 2 N–H and O–H groups in total. The molecule has 1 aliphatic rings. The Bertz CT molecular complexity index is 872. The van der Waals surface area contributed by atoms with Gasteiger partial charge < -0.3 is 20.3 Å². The predicted octanol–water partition coefficient (Wildman–Crippen LogP) is 3.95. The maximum Gasteiger partial charge on any atom is 0.322 e. The Balaban J connectivity index is 1.81. The molecule has 1 fully saturated rings. The molecule has 1 atom stereocenters. The number of piperidine rings is 1. The van der Waals surface area contributed by atoms with Gasteiger partial charge in [-0.2, -0.15) is 0 Å². The van der Waals surface area contributed by atoms with Crippen LogP contribution in [0.2, 0.25) is 0 Å². The minimum absolute atomic E-state index is 0.0669. The van der Waals surface area contributed by atoms with Gasteiger partial charge in [0.25, 0.3) is 5.91 Å². The number of nitrogens with one attached hydrogen (secondary N) is 2. The van der Waals surface area contributed by atoms with Crippen molar-refractivity contribution in [1.29, 1.82) is 0 Å². The molecule has 28 heavy (non-hydrogen) atoms. The molecule has 6 nitrogen and oxygen atoms in total. The zero-order valence-electron chi connectivity index (χ0n) is 16.0. The molecule has 0 aromatic heterocycles. The number of anilines is 1. The normalized spacial score (nSPS) is 16.4. The first-order valence-electron chi connectivity index (χ1n) is 9.26. The van der Waals surface area contributed by atoms with Crippen LogP contribution in [0.5, 0.6) is 5.75 Å². The van der Waals surface area contributed by atoms with Crippen molar-refractivity contribution in [2.75, 3.05) is 26.0 Å². The standard InChI is InChI=1S/C21H24FN3O3/c1-23-20(26)17-13-15(9-10-18(17)22)24-21(27)25-11-4-3-8-19(25)14-6-5-7-16(12-14)28-2/h5-7,9-10,12-13,19H,3-4,8,11H2,1-2H3,(H,23,26)(H,24,27). The van der Waals surface area contributed by atoms with Crippen molar-refractivity contribution in [2.24, 2.45) is 0 Å². The number of urea groups is 1. The van der Waals surface area contributed by atoms with Gasteiger partial charge in [0.2, 0.25) is 0 Å². The van der Waals surface area contributed by atoms with E-state index in [4.69, 9.17) is 4.74 Å². The van der Waals surface area contributed by atoms with E-state index in [1.807, 2.05) is 24.3 Å². The van der Waals surface area contributed by atoms with Crippen LogP contribution in [0.1, 0.15) is 41.2 Å². The SMILES string of the molecule is CNC(=O)c1cc(NC(=O)N2CCCCC2c2cccc(OC)c2)ccc1F. The summed E-state index contributed by atoms with van der Waals surface area (Å²) in [6, 6.07) is 11.3. The number of halogens is 1. The van der Waals surface area contributed by atoms with Crippen molar-refractivity contribution in [3.8, 4) is 5.75 Å². The highest BCUT2D eigenvalue weighted by Crippen LogP contribution is 2.33. The van der Waals surface area contributed by atoms with Crippen molar-refractivity contribution in [1.82, 2.24) is 10.2 Å². The van der Waals surface area contributed by atoms with Crippen molar-refractivity contribution in [2.45, 2.75) is 25.3 Å². The lowest BCUT2D eigenvalue weighted by molar-refractivity contribution is 0.0959. The highest BCUT2D eigenvalue weighted by Gasteiger charge is 2.28. The van der Waals surface area contributed by atoms with Crippen LogP contribution in [0.3, 0.4) is 0 Å². The van der Waals surface area contributed by atoms with Crippen molar-refractivity contribution in [3.05, 3.63) is 59.4 Å². The van der Waals surface area contributed by atoms with Crippen LogP contribution in [-0.4, -0.2) is 37.5 Å². The number of methoxy groups -OCH3 is 1. The fraction of sp³-hybridized carbons (Fsp3) is 0.333. The summed E-state index contributed by atoms with van der Waals surface area (Å²) in [4.78, 5) is 26.5. The number of ether oxygens (including phenoxy) is 1. The second-order valence-electron chi connectivity index (χ2n) is 6.69. The van der Waals surface area contributed by atoms with Gasteiger partial charge in [-0.1, -0.05) is 12.1 Å². The molecule has 0 spiro atoms. The monoisotopic (exact) mass is 385 g/mol. The first kappa shape index (κ1) is 19.7. The molecule has 1 unspecified atom stereocenters. The molecule has 0 saturated carbocycles. The number of benzene rings is 2. The van der Waals surface area contributed by atoms with Gasteiger partial charge >= 0.3 is 6.03 Å². The van der Waals surface area contributed by atoms with Crippen molar-refractivity contribution in [3.63, 3.8) is 0 Å². The molecule has 3 amide bonds. The average molecular weight is 385 g/mol. The molecule has 1 aliphatic heterocycles. The Hall–Kier alpha value is -3.09. The van der Waals surface area contributed by atoms with Gasteiger partial charge in [-0.25, -0.2) is 9.18 Å². The van der Waals surface area contributed by atoms with Crippen LogP contribution >= 0.6 is 0 Å². The molecule has 0 aliphatic carbocycles. The molecule has 3 rings (SSSR count). The zero-order chi connectivity index (χ0) is 20.1. The molecule has 0 radical (unpaired) electrons. The summed E-state index contributed by atoms with van der Waals surface area (Å²) in [5.41, 5.74) is 1.28. The Kier molecular flexibility index (Phi) is 6.13. The number of carbonyl (C=O) groups is 2. The topological polar surface area (TPSA) is 70.7 Å². The first-order valence-corrected chi connectivity index (χ1v) is 9.26. The molecule has 1 saturated heterocycles. The summed E-state index contributed by atoms with van der Waals surface area (Å²) in [5.74, 6) is -0.428. The minimum atomic E-state index is -0.635. The zero-order valence-corrected chi connectivity index (χ0v) is 16.0. The third-order valence-electron chi connectivity index (χ3n) is 4.93. The lowest BCUT2D eigenvalue weighted by atomic mass is 9.95. The second kappa shape index (κ2) is 8.73. The van der Waals surface area contributed by atoms with E-state index in [-0.39, 0.29) is 17.6 Å². The van der Waals surface area contributed by atoms with Gasteiger partial charge in [0, 0.05) is 19.3 Å². The molecule has 2 aromatic rings. The van der Waals surface area contributed by atoms with E-state index in [0.717, 1.165) is 30.6 Å². The summed E-state index contributed by atoms with van der Waals surface area (Å²) in [7, 11) is 3.04. The summed E-state index contributed by atoms with van der Waals surface area (Å²) in [6.45, 7) is 0.622. The molecular weight excluding hydrogens is 361 g/mol. The fourth-order valence-corrected chi connectivity index (χ4v) is 3.48. The molecule has 148 valence electrons. The Morgan fingerprint density at radius 3 is 2.75 bits per heavy atom. The Labute approximate surface area is 163 Å². The number of carbonyl (C=O) groups excluding carboxylic acids is 2. The largest absolute Gasteiger partial charge is 0.497 e. The van der Waals surface area contributed by atoms with E-state index in [2.05, 4.69) is 10.6 Å². The number of hydrogen-bond donors (Lipinski definition) is 2. The van der Waals surface area contributed by atoms with Gasteiger partial charge in [-0.15, -0.1) is 0 Å². The summed E-state index contributed by atoms with van der Waals surface area (Å²) >= 11 is 0. The maximum atomic E-state index is 13.9. The third-order valence-corrected chi connectivity index (χ3v) is 4.93. The van der Waals surface area contributed by atoms with E-state index in [9.17, 15) is 14.0 Å². The van der Waals surface area contributed by atoms with Crippen LogP contribution in [-0.2, 0) is 0 Å². The van der Waals surface area contributed by atoms with Crippen LogP contribution < -0.4 is 15.4 Å². The van der Waals surface area contributed by atoms with E-state index in [1.54, 1.807) is 12.0 Å². The Morgan fingerprint density at radius 2 is 2.00 bits per heavy atom. The smallest absolute Gasteiger partial charge is 0.322 e. The Morgan fingerprint density at radius 1 is 1.18 bits per heavy atom. The summed E-state index contributed by atoms with van der Waals surface area (Å²) < 4.78 is 19.2. The number of nitrogens with zero attached hydrogens (tertiary/aromatic N) is 1. The number of likely N-dealkylation sites (tertiary alicyclic amines) is 1. The van der Waals surface area contributed by atoms with E-state index >= 15 is 0 Å². The number of rotatable bonds is 4. The molecule has 2 aromatic carbocycles. The fourth-order valence-electron chi connectivity index (χ4n) is 3.48. The van der Waals surface area contributed by atoms with E-state index in [0.29, 0.717) is 12.2 Å². The molecule has 1 heterocycles. The van der Waals surface area contributed by atoms with Gasteiger partial charge in [-0.3, -0.25) is 4.79 Å². The van der Waals surface area contributed by atoms with Gasteiger partial charge in [0.05, 0.1) is 18.7 Å². The van der Waals surface area contributed by atoms with Gasteiger partial charge in [0.1, 0.15) is 11.6 Å². The van der Waals surface area contributed by atoms with Crippen LogP contribution in [0, 0.1) is 5.82 Å². The van der Waals surface area contributed by atoms with Gasteiger partial charge in [0.15, 0.2) is 0 Å². The maximum absolute atomic E-state index is 13.9. The van der Waals surface area contributed by atoms with Crippen molar-refractivity contribution < 1.29 is 18.7 Å². The average Bonchev–Trinajstić information content (AvgIpc) is 2.74. The predicted molar refractivity (Wildman–Crippen MR) is 105 cm³/mol.